The molecule has 18 heavy (non-hydrogen) atoms. The Kier molecular flexibility index (Phi) is 9.22. The van der Waals surface area contributed by atoms with E-state index in [0.29, 0.717) is 19.6 Å². The van der Waals surface area contributed by atoms with E-state index in [0.717, 1.165) is 0 Å². The number of ether oxygens (including phenoxy) is 2. The molecule has 0 bridgehead atoms. The third kappa shape index (κ3) is 8.95. The van der Waals surface area contributed by atoms with Crippen molar-refractivity contribution in [1.29, 1.82) is 0 Å². The standard InChI is InChI=1S/C12H23NO5/c1-9(2)8-10(12(15)16)13-11(14)4-5-18-7-6-17-3/h9-10H,4-8H2,1-3H3,(H,13,14)(H,15,16)/t10-/m1/s1. The number of hydrogen-bond acceptors (Lipinski definition) is 4. The van der Waals surface area contributed by atoms with Crippen LogP contribution in [0.1, 0.15) is 26.7 Å². The maximum absolute atomic E-state index is 11.5. The number of amides is 1. The summed E-state index contributed by atoms with van der Waals surface area (Å²) in [5, 5.41) is 11.4. The summed E-state index contributed by atoms with van der Waals surface area (Å²) < 4.78 is 9.92. The Labute approximate surface area is 108 Å². The van der Waals surface area contributed by atoms with Crippen LogP contribution in [0.4, 0.5) is 0 Å². The fourth-order valence-corrected chi connectivity index (χ4v) is 1.37. The third-order valence-electron chi connectivity index (χ3n) is 2.25. The Morgan fingerprint density at radius 3 is 2.39 bits per heavy atom. The maximum Gasteiger partial charge on any atom is 0.326 e. The fraction of sp³-hybridized carbons (Fsp3) is 0.833. The van der Waals surface area contributed by atoms with E-state index >= 15 is 0 Å². The van der Waals surface area contributed by atoms with Gasteiger partial charge in [-0.05, 0) is 12.3 Å². The lowest BCUT2D eigenvalue weighted by molar-refractivity contribution is -0.142. The van der Waals surface area contributed by atoms with Crippen molar-refractivity contribution >= 4 is 11.9 Å². The van der Waals surface area contributed by atoms with Gasteiger partial charge in [-0.15, -0.1) is 0 Å². The van der Waals surface area contributed by atoms with Crippen molar-refractivity contribution in [2.75, 3.05) is 26.9 Å². The van der Waals surface area contributed by atoms with Crippen LogP contribution in [-0.2, 0) is 19.1 Å². The number of carbonyl (C=O) groups is 2. The number of hydrogen-bond donors (Lipinski definition) is 2. The molecule has 0 radical (unpaired) electrons. The minimum absolute atomic E-state index is 0.158. The molecule has 6 heteroatoms. The Bertz CT molecular complexity index is 255. The van der Waals surface area contributed by atoms with Crippen LogP contribution in [-0.4, -0.2) is 50.0 Å². The van der Waals surface area contributed by atoms with E-state index in [9.17, 15) is 9.59 Å². The van der Waals surface area contributed by atoms with Crippen LogP contribution in [0.3, 0.4) is 0 Å². The molecule has 0 aromatic carbocycles. The quantitative estimate of drug-likeness (QED) is 0.564. The summed E-state index contributed by atoms with van der Waals surface area (Å²) >= 11 is 0. The second-order valence-corrected chi connectivity index (χ2v) is 4.44. The van der Waals surface area contributed by atoms with Crippen LogP contribution in [0.25, 0.3) is 0 Å². The number of rotatable bonds is 10. The minimum atomic E-state index is -1.00. The van der Waals surface area contributed by atoms with E-state index in [2.05, 4.69) is 5.32 Å². The monoisotopic (exact) mass is 261 g/mol. The van der Waals surface area contributed by atoms with E-state index in [4.69, 9.17) is 14.6 Å². The molecule has 0 aromatic heterocycles. The summed E-state index contributed by atoms with van der Waals surface area (Å²) in [5.41, 5.74) is 0. The largest absolute Gasteiger partial charge is 0.480 e. The van der Waals surface area contributed by atoms with Crippen molar-refractivity contribution in [2.45, 2.75) is 32.7 Å². The maximum atomic E-state index is 11.5. The Morgan fingerprint density at radius 1 is 1.22 bits per heavy atom. The fourth-order valence-electron chi connectivity index (χ4n) is 1.37. The van der Waals surface area contributed by atoms with E-state index in [1.54, 1.807) is 7.11 Å². The van der Waals surface area contributed by atoms with Gasteiger partial charge < -0.3 is 19.9 Å². The second kappa shape index (κ2) is 9.85. The van der Waals surface area contributed by atoms with Crippen LogP contribution in [0.2, 0.25) is 0 Å². The number of carbonyl (C=O) groups excluding carboxylic acids is 1. The van der Waals surface area contributed by atoms with Crippen molar-refractivity contribution in [2.24, 2.45) is 5.92 Å². The molecule has 6 nitrogen and oxygen atoms in total. The average Bonchev–Trinajstić information content (AvgIpc) is 2.27. The predicted molar refractivity (Wildman–Crippen MR) is 66.3 cm³/mol. The predicted octanol–water partition coefficient (Wildman–Crippen LogP) is 0.655. The summed E-state index contributed by atoms with van der Waals surface area (Å²) in [7, 11) is 1.57. The van der Waals surface area contributed by atoms with Crippen molar-refractivity contribution in [3.05, 3.63) is 0 Å². The van der Waals surface area contributed by atoms with Gasteiger partial charge in [0.05, 0.1) is 19.8 Å². The molecule has 1 amide bonds. The van der Waals surface area contributed by atoms with Crippen molar-refractivity contribution < 1.29 is 24.2 Å². The lowest BCUT2D eigenvalue weighted by Gasteiger charge is -2.16. The molecule has 0 aliphatic carbocycles. The van der Waals surface area contributed by atoms with Gasteiger partial charge in [-0.2, -0.15) is 0 Å². The first-order valence-electron chi connectivity index (χ1n) is 6.06. The third-order valence-corrected chi connectivity index (χ3v) is 2.25. The van der Waals surface area contributed by atoms with E-state index in [-0.39, 0.29) is 24.9 Å². The number of nitrogens with one attached hydrogen (secondary N) is 1. The van der Waals surface area contributed by atoms with Gasteiger partial charge in [0.2, 0.25) is 5.91 Å². The highest BCUT2D eigenvalue weighted by Gasteiger charge is 2.20. The van der Waals surface area contributed by atoms with Gasteiger partial charge in [-0.25, -0.2) is 4.79 Å². The summed E-state index contributed by atoms with van der Waals surface area (Å²) in [6.07, 6.45) is 0.581. The SMILES string of the molecule is COCCOCCC(=O)N[C@H](CC(C)C)C(=O)O. The van der Waals surface area contributed by atoms with Crippen molar-refractivity contribution in [1.82, 2.24) is 5.32 Å². The molecule has 0 unspecified atom stereocenters. The first kappa shape index (κ1) is 16.9. The lowest BCUT2D eigenvalue weighted by Crippen LogP contribution is -2.41. The molecular weight excluding hydrogens is 238 g/mol. The highest BCUT2D eigenvalue weighted by Crippen LogP contribution is 2.05. The molecule has 0 saturated carbocycles. The molecular formula is C12H23NO5. The molecule has 1 atom stereocenters. The summed E-state index contributed by atoms with van der Waals surface area (Å²) in [5.74, 6) is -1.10. The van der Waals surface area contributed by atoms with Crippen molar-refractivity contribution in [3.8, 4) is 0 Å². The molecule has 0 aromatic rings. The number of methoxy groups -OCH3 is 1. The molecule has 2 N–H and O–H groups in total. The molecule has 0 fully saturated rings. The number of aliphatic carboxylic acids is 1. The Balaban J connectivity index is 3.85. The summed E-state index contributed by atoms with van der Waals surface area (Å²) in [6.45, 7) is 5.00. The van der Waals surface area contributed by atoms with Gasteiger partial charge in [0.15, 0.2) is 0 Å². The van der Waals surface area contributed by atoms with Gasteiger partial charge in [0.25, 0.3) is 0 Å². The van der Waals surface area contributed by atoms with E-state index in [1.807, 2.05) is 13.8 Å². The highest BCUT2D eigenvalue weighted by molar-refractivity contribution is 5.83. The molecule has 106 valence electrons. The lowest BCUT2D eigenvalue weighted by atomic mass is 10.0. The van der Waals surface area contributed by atoms with Crippen molar-refractivity contribution in [3.63, 3.8) is 0 Å². The first-order valence-corrected chi connectivity index (χ1v) is 6.06. The van der Waals surface area contributed by atoms with Crippen LogP contribution in [0, 0.1) is 5.92 Å². The zero-order valence-corrected chi connectivity index (χ0v) is 11.3. The molecule has 0 saturated heterocycles. The van der Waals surface area contributed by atoms with Crippen LogP contribution >= 0.6 is 0 Å². The zero-order chi connectivity index (χ0) is 14.0. The molecule has 0 rings (SSSR count). The zero-order valence-electron chi connectivity index (χ0n) is 11.3. The van der Waals surface area contributed by atoms with Gasteiger partial charge in [0.1, 0.15) is 6.04 Å². The first-order chi connectivity index (χ1) is 8.47. The van der Waals surface area contributed by atoms with Crippen LogP contribution < -0.4 is 5.32 Å². The Hall–Kier alpha value is -1.14. The Morgan fingerprint density at radius 2 is 1.89 bits per heavy atom. The molecule has 0 heterocycles. The van der Waals surface area contributed by atoms with Gasteiger partial charge in [-0.3, -0.25) is 4.79 Å². The average molecular weight is 261 g/mol. The van der Waals surface area contributed by atoms with Crippen LogP contribution in [0.15, 0.2) is 0 Å². The molecule has 0 aliphatic heterocycles. The highest BCUT2D eigenvalue weighted by atomic mass is 16.5. The summed E-state index contributed by atoms with van der Waals surface area (Å²) in [6, 6.07) is -0.823. The normalized spacial score (nSPS) is 12.4. The second-order valence-electron chi connectivity index (χ2n) is 4.44. The van der Waals surface area contributed by atoms with Gasteiger partial charge in [0, 0.05) is 13.5 Å². The topological polar surface area (TPSA) is 84.9 Å². The minimum Gasteiger partial charge on any atom is -0.480 e. The van der Waals surface area contributed by atoms with E-state index < -0.39 is 12.0 Å². The molecule has 0 spiro atoms. The van der Waals surface area contributed by atoms with E-state index in [1.165, 1.54) is 0 Å². The van der Waals surface area contributed by atoms with Gasteiger partial charge in [-0.1, -0.05) is 13.8 Å². The summed E-state index contributed by atoms with van der Waals surface area (Å²) in [4.78, 5) is 22.4. The van der Waals surface area contributed by atoms with Crippen LogP contribution in [0.5, 0.6) is 0 Å². The smallest absolute Gasteiger partial charge is 0.326 e. The number of carboxylic acid groups (broad SMARTS) is 1. The van der Waals surface area contributed by atoms with Gasteiger partial charge >= 0.3 is 5.97 Å². The molecule has 0 aliphatic rings. The number of carboxylic acids is 1.